The summed E-state index contributed by atoms with van der Waals surface area (Å²) in [4.78, 5) is 12.4. The second-order valence-corrected chi connectivity index (χ2v) is 18.7. The van der Waals surface area contributed by atoms with Gasteiger partial charge in [0.2, 0.25) is 5.91 Å². The van der Waals surface area contributed by atoms with E-state index in [0.717, 1.165) is 32.1 Å². The Kier molecular flexibility index (Phi) is 50.8. The third kappa shape index (κ3) is 47.7. The molecule has 0 rings (SSSR count). The van der Waals surface area contributed by atoms with Gasteiger partial charge in [-0.2, -0.15) is 0 Å². The fourth-order valence-electron chi connectivity index (χ4n) is 8.45. The lowest BCUT2D eigenvalue weighted by atomic mass is 10.0. The van der Waals surface area contributed by atoms with Gasteiger partial charge in [0.15, 0.2) is 0 Å². The number of nitrogens with one attached hydrogen (secondary N) is 1. The molecule has 0 saturated heterocycles. The molecule has 1 amide bonds. The largest absolute Gasteiger partial charge is 0.394 e. The summed E-state index contributed by atoms with van der Waals surface area (Å²) in [6.07, 6.45) is 70.2. The Bertz CT molecular complexity index is 912. The van der Waals surface area contributed by atoms with Crippen LogP contribution in [0.15, 0.2) is 36.5 Å². The highest BCUT2D eigenvalue weighted by Gasteiger charge is 2.18. The van der Waals surface area contributed by atoms with Crippen molar-refractivity contribution in [2.24, 2.45) is 0 Å². The molecule has 0 aromatic heterocycles. The first-order chi connectivity index (χ1) is 29.7. The van der Waals surface area contributed by atoms with E-state index in [9.17, 15) is 15.0 Å². The van der Waals surface area contributed by atoms with Crippen LogP contribution in [0.2, 0.25) is 0 Å². The molecule has 2 atom stereocenters. The zero-order valence-corrected chi connectivity index (χ0v) is 40.7. The first kappa shape index (κ1) is 58.6. The summed E-state index contributed by atoms with van der Waals surface area (Å²) in [5.41, 5.74) is 0. The highest BCUT2D eigenvalue weighted by molar-refractivity contribution is 5.76. The maximum atomic E-state index is 12.4. The van der Waals surface area contributed by atoms with Crippen molar-refractivity contribution in [2.75, 3.05) is 6.61 Å². The molecule has 0 heterocycles. The van der Waals surface area contributed by atoms with Gasteiger partial charge in [0.05, 0.1) is 18.8 Å². The summed E-state index contributed by atoms with van der Waals surface area (Å²) >= 11 is 0. The van der Waals surface area contributed by atoms with Gasteiger partial charge in [0.1, 0.15) is 0 Å². The minimum atomic E-state index is -0.836. The zero-order chi connectivity index (χ0) is 43.5. The number of hydrogen-bond acceptors (Lipinski definition) is 3. The maximum absolute atomic E-state index is 12.4. The number of hydrogen-bond donors (Lipinski definition) is 3. The molecule has 0 fully saturated rings. The van der Waals surface area contributed by atoms with Gasteiger partial charge in [-0.05, 0) is 51.4 Å². The average molecular weight is 842 g/mol. The third-order valence-corrected chi connectivity index (χ3v) is 12.6. The first-order valence-electron chi connectivity index (χ1n) is 27.2. The molecule has 0 bridgehead atoms. The van der Waals surface area contributed by atoms with Crippen LogP contribution in [0.25, 0.3) is 0 Å². The fourth-order valence-corrected chi connectivity index (χ4v) is 8.45. The SMILES string of the molecule is CCCCCCC/C=C\C/C=C\CCCCCCCCCCCCCCCCCCCCCCCCCC(=O)NC(CO)C(O)/C=C/CCCCCCCCCCCCC. The predicted octanol–water partition coefficient (Wildman–Crippen LogP) is 17.7. The number of unbranched alkanes of at least 4 members (excludes halogenated alkanes) is 39. The standard InChI is InChI=1S/C56H107NO3/c1-3-5-7-9-11-13-15-17-18-19-20-21-22-23-24-25-26-27-28-29-30-31-32-33-34-35-36-37-38-40-42-44-46-48-50-52-56(60)57-54(53-58)55(59)51-49-47-45-43-41-39-16-14-12-10-8-6-4-2/h15,17,19-20,49,51,54-55,58-59H,3-14,16,18,21-48,50,52-53H2,1-2H3,(H,57,60)/b17-15-,20-19-,51-49+. The number of aliphatic hydroxyl groups excluding tert-OH is 2. The number of amides is 1. The predicted molar refractivity (Wildman–Crippen MR) is 267 cm³/mol. The molecule has 354 valence electrons. The molecule has 0 aliphatic carbocycles. The van der Waals surface area contributed by atoms with Crippen LogP contribution >= 0.6 is 0 Å². The van der Waals surface area contributed by atoms with E-state index in [1.54, 1.807) is 6.08 Å². The van der Waals surface area contributed by atoms with Crippen molar-refractivity contribution in [2.45, 2.75) is 309 Å². The Labute approximate surface area is 376 Å². The minimum Gasteiger partial charge on any atom is -0.394 e. The molecule has 2 unspecified atom stereocenters. The quantitative estimate of drug-likeness (QED) is 0.0422. The summed E-state index contributed by atoms with van der Waals surface area (Å²) in [5, 5.41) is 23.1. The summed E-state index contributed by atoms with van der Waals surface area (Å²) in [6, 6.07) is -0.619. The molecular formula is C56H107NO3. The van der Waals surface area contributed by atoms with Gasteiger partial charge in [0.25, 0.3) is 0 Å². The molecule has 0 spiro atoms. The average Bonchev–Trinajstić information content (AvgIpc) is 3.25. The van der Waals surface area contributed by atoms with Crippen LogP contribution in [0.1, 0.15) is 296 Å². The van der Waals surface area contributed by atoms with Crippen molar-refractivity contribution in [1.29, 1.82) is 0 Å². The van der Waals surface area contributed by atoms with Crippen molar-refractivity contribution in [3.05, 3.63) is 36.5 Å². The van der Waals surface area contributed by atoms with E-state index < -0.39 is 12.1 Å². The summed E-state index contributed by atoms with van der Waals surface area (Å²) in [6.45, 7) is 4.31. The van der Waals surface area contributed by atoms with Crippen LogP contribution < -0.4 is 5.32 Å². The Hall–Kier alpha value is -1.39. The summed E-state index contributed by atoms with van der Waals surface area (Å²) in [5.74, 6) is -0.0599. The monoisotopic (exact) mass is 842 g/mol. The Morgan fingerprint density at radius 1 is 0.400 bits per heavy atom. The smallest absolute Gasteiger partial charge is 0.220 e. The van der Waals surface area contributed by atoms with E-state index in [4.69, 9.17) is 0 Å². The molecule has 0 aliphatic rings. The molecule has 4 nitrogen and oxygen atoms in total. The van der Waals surface area contributed by atoms with Crippen LogP contribution in [0.3, 0.4) is 0 Å². The van der Waals surface area contributed by atoms with Crippen LogP contribution in [0, 0.1) is 0 Å². The maximum Gasteiger partial charge on any atom is 0.220 e. The lowest BCUT2D eigenvalue weighted by molar-refractivity contribution is -0.123. The van der Waals surface area contributed by atoms with Crippen LogP contribution in [0.5, 0.6) is 0 Å². The lowest BCUT2D eigenvalue weighted by Crippen LogP contribution is -2.45. The van der Waals surface area contributed by atoms with E-state index in [0.29, 0.717) is 6.42 Å². The van der Waals surface area contributed by atoms with Crippen molar-refractivity contribution in [3.63, 3.8) is 0 Å². The molecule has 0 aromatic rings. The highest BCUT2D eigenvalue weighted by Crippen LogP contribution is 2.17. The topological polar surface area (TPSA) is 69.6 Å². The number of rotatable bonds is 50. The Morgan fingerprint density at radius 3 is 1.00 bits per heavy atom. The molecule has 3 N–H and O–H groups in total. The second kappa shape index (κ2) is 52.0. The molecule has 4 heteroatoms. The van der Waals surface area contributed by atoms with Crippen molar-refractivity contribution in [1.82, 2.24) is 5.32 Å². The van der Waals surface area contributed by atoms with Crippen LogP contribution in [0.4, 0.5) is 0 Å². The molecule has 60 heavy (non-hydrogen) atoms. The van der Waals surface area contributed by atoms with Gasteiger partial charge in [-0.15, -0.1) is 0 Å². The molecule has 0 saturated carbocycles. The van der Waals surface area contributed by atoms with E-state index in [1.807, 2.05) is 6.08 Å². The zero-order valence-electron chi connectivity index (χ0n) is 40.7. The van der Waals surface area contributed by atoms with E-state index in [-0.39, 0.29) is 12.5 Å². The normalized spacial score (nSPS) is 13.1. The van der Waals surface area contributed by atoms with Gasteiger partial charge < -0.3 is 15.5 Å². The van der Waals surface area contributed by atoms with Crippen LogP contribution in [-0.2, 0) is 4.79 Å². The van der Waals surface area contributed by atoms with Gasteiger partial charge in [-0.25, -0.2) is 0 Å². The lowest BCUT2D eigenvalue weighted by Gasteiger charge is -2.20. The molecular weight excluding hydrogens is 735 g/mol. The number of allylic oxidation sites excluding steroid dienone is 5. The minimum absolute atomic E-state index is 0.0599. The summed E-state index contributed by atoms with van der Waals surface area (Å²) < 4.78 is 0. The van der Waals surface area contributed by atoms with E-state index >= 15 is 0 Å². The third-order valence-electron chi connectivity index (χ3n) is 12.6. The number of carbonyl (C=O) groups excluding carboxylic acids is 1. The van der Waals surface area contributed by atoms with Gasteiger partial charge in [-0.1, -0.05) is 275 Å². The van der Waals surface area contributed by atoms with Gasteiger partial charge in [-0.3, -0.25) is 4.79 Å². The van der Waals surface area contributed by atoms with Crippen molar-refractivity contribution >= 4 is 5.91 Å². The molecule has 0 aromatic carbocycles. The van der Waals surface area contributed by atoms with Gasteiger partial charge in [0, 0.05) is 6.42 Å². The van der Waals surface area contributed by atoms with E-state index in [1.165, 1.54) is 244 Å². The number of carbonyl (C=O) groups is 1. The Morgan fingerprint density at radius 2 is 0.683 bits per heavy atom. The highest BCUT2D eigenvalue weighted by atomic mass is 16.3. The summed E-state index contributed by atoms with van der Waals surface area (Å²) in [7, 11) is 0. The second-order valence-electron chi connectivity index (χ2n) is 18.7. The first-order valence-corrected chi connectivity index (χ1v) is 27.2. The van der Waals surface area contributed by atoms with Crippen molar-refractivity contribution < 1.29 is 15.0 Å². The Balaban J connectivity index is 3.40. The van der Waals surface area contributed by atoms with Gasteiger partial charge >= 0.3 is 0 Å². The van der Waals surface area contributed by atoms with Crippen molar-refractivity contribution in [3.8, 4) is 0 Å². The fraction of sp³-hybridized carbons (Fsp3) is 0.875. The molecule has 0 aliphatic heterocycles. The van der Waals surface area contributed by atoms with E-state index in [2.05, 4.69) is 43.5 Å². The molecule has 0 radical (unpaired) electrons. The number of aliphatic hydroxyl groups is 2. The van der Waals surface area contributed by atoms with Crippen LogP contribution in [-0.4, -0.2) is 34.9 Å².